The molecule has 21 heavy (non-hydrogen) atoms. The Balaban J connectivity index is 2.50. The first-order chi connectivity index (χ1) is 9.81. The number of hydrogen-bond donors (Lipinski definition) is 2. The molecule has 0 bridgehead atoms. The second kappa shape index (κ2) is 7.44. The van der Waals surface area contributed by atoms with Crippen molar-refractivity contribution < 1.29 is 9.18 Å². The van der Waals surface area contributed by atoms with Crippen LogP contribution in [0.3, 0.4) is 0 Å². The van der Waals surface area contributed by atoms with Crippen LogP contribution in [-0.4, -0.2) is 18.0 Å². The molecule has 1 rings (SSSR count). The molecule has 0 spiro atoms. The van der Waals surface area contributed by atoms with Gasteiger partial charge in [0.2, 0.25) is 0 Å². The summed E-state index contributed by atoms with van der Waals surface area (Å²) in [5.74, 6) is -0.687. The number of carbonyl (C=O) groups excluding carboxylic acids is 1. The van der Waals surface area contributed by atoms with Crippen LogP contribution in [0.15, 0.2) is 36.0 Å². The molecule has 0 aliphatic carbocycles. The summed E-state index contributed by atoms with van der Waals surface area (Å²) in [6.07, 6.45) is 1.99. The minimum absolute atomic E-state index is 0.0177. The molecule has 0 atom stereocenters. The Labute approximate surface area is 124 Å². The molecule has 0 unspecified atom stereocenters. The Bertz CT molecular complexity index is 568. The molecule has 112 valence electrons. The van der Waals surface area contributed by atoms with Gasteiger partial charge in [-0.1, -0.05) is 12.1 Å². The van der Waals surface area contributed by atoms with Gasteiger partial charge in [0.05, 0.1) is 0 Å². The van der Waals surface area contributed by atoms with Crippen molar-refractivity contribution >= 4 is 5.91 Å². The van der Waals surface area contributed by atoms with Crippen LogP contribution in [0.2, 0.25) is 0 Å². The van der Waals surface area contributed by atoms with Crippen molar-refractivity contribution in [3.63, 3.8) is 0 Å². The van der Waals surface area contributed by atoms with E-state index in [1.54, 1.807) is 6.07 Å². The standard InChI is InChI=1S/C16H20FN3O/c1-16(2,3)20-15(21)13(10-18)11-19-8-7-12-5-4-6-14(17)9-12/h4-6,9,11,19H,7-8H2,1-3H3,(H,20,21)/b13-11-. The van der Waals surface area contributed by atoms with Gasteiger partial charge in [0.15, 0.2) is 0 Å². The van der Waals surface area contributed by atoms with Crippen LogP contribution in [-0.2, 0) is 11.2 Å². The fraction of sp³-hybridized carbons (Fsp3) is 0.375. The second-order valence-electron chi connectivity index (χ2n) is 5.71. The average molecular weight is 289 g/mol. The number of nitrogens with one attached hydrogen (secondary N) is 2. The third-order valence-corrected chi connectivity index (χ3v) is 2.55. The average Bonchev–Trinajstić information content (AvgIpc) is 2.36. The molecule has 1 amide bonds. The fourth-order valence-electron chi connectivity index (χ4n) is 1.64. The van der Waals surface area contributed by atoms with E-state index in [1.807, 2.05) is 32.9 Å². The first kappa shape index (κ1) is 16.7. The van der Waals surface area contributed by atoms with Gasteiger partial charge in [-0.25, -0.2) is 4.39 Å². The molecule has 0 fully saturated rings. The lowest BCUT2D eigenvalue weighted by Crippen LogP contribution is -2.41. The van der Waals surface area contributed by atoms with Crippen LogP contribution in [0.5, 0.6) is 0 Å². The summed E-state index contributed by atoms with van der Waals surface area (Å²) < 4.78 is 13.0. The van der Waals surface area contributed by atoms with Gasteiger partial charge in [-0.15, -0.1) is 0 Å². The van der Waals surface area contributed by atoms with Crippen LogP contribution in [0.25, 0.3) is 0 Å². The number of halogens is 1. The third kappa shape index (κ3) is 6.57. The Morgan fingerprint density at radius 2 is 2.14 bits per heavy atom. The maximum absolute atomic E-state index is 13.0. The zero-order chi connectivity index (χ0) is 15.9. The third-order valence-electron chi connectivity index (χ3n) is 2.55. The molecule has 0 aliphatic heterocycles. The normalized spacial score (nSPS) is 11.7. The second-order valence-corrected chi connectivity index (χ2v) is 5.71. The highest BCUT2D eigenvalue weighted by Crippen LogP contribution is 2.04. The van der Waals surface area contributed by atoms with E-state index < -0.39 is 11.4 Å². The fourth-order valence-corrected chi connectivity index (χ4v) is 1.64. The lowest BCUT2D eigenvalue weighted by molar-refractivity contribution is -0.118. The Morgan fingerprint density at radius 1 is 1.43 bits per heavy atom. The summed E-state index contributed by atoms with van der Waals surface area (Å²) in [4.78, 5) is 11.8. The monoisotopic (exact) mass is 289 g/mol. The molecule has 2 N–H and O–H groups in total. The molecule has 0 aliphatic rings. The number of hydrogen-bond acceptors (Lipinski definition) is 3. The number of nitrogens with zero attached hydrogens (tertiary/aromatic N) is 1. The quantitative estimate of drug-likeness (QED) is 0.496. The van der Waals surface area contributed by atoms with E-state index in [0.717, 1.165) is 5.56 Å². The lowest BCUT2D eigenvalue weighted by atomic mass is 10.1. The molecule has 1 aromatic rings. The SMILES string of the molecule is CC(C)(C)NC(=O)/C(C#N)=C\NCCc1cccc(F)c1. The van der Waals surface area contributed by atoms with Crippen LogP contribution < -0.4 is 10.6 Å². The van der Waals surface area contributed by atoms with E-state index in [-0.39, 0.29) is 11.4 Å². The van der Waals surface area contributed by atoms with Crippen molar-refractivity contribution in [2.24, 2.45) is 0 Å². The van der Waals surface area contributed by atoms with Crippen LogP contribution in [0.1, 0.15) is 26.3 Å². The van der Waals surface area contributed by atoms with Gasteiger partial charge < -0.3 is 10.6 Å². The summed E-state index contributed by atoms with van der Waals surface area (Å²) in [5.41, 5.74) is 0.479. The summed E-state index contributed by atoms with van der Waals surface area (Å²) in [6.45, 7) is 6.04. The predicted octanol–water partition coefficient (Wildman–Crippen LogP) is 2.28. The Kier molecular flexibility index (Phi) is 5.92. The van der Waals surface area contributed by atoms with E-state index in [4.69, 9.17) is 5.26 Å². The topological polar surface area (TPSA) is 64.9 Å². The van der Waals surface area contributed by atoms with Gasteiger partial charge in [0.1, 0.15) is 17.5 Å². The van der Waals surface area contributed by atoms with Crippen molar-refractivity contribution in [1.29, 1.82) is 5.26 Å². The van der Waals surface area contributed by atoms with Gasteiger partial charge in [0, 0.05) is 18.3 Å². The number of nitriles is 1. The molecule has 5 heteroatoms. The van der Waals surface area contributed by atoms with Crippen LogP contribution >= 0.6 is 0 Å². The highest BCUT2D eigenvalue weighted by atomic mass is 19.1. The van der Waals surface area contributed by atoms with Crippen molar-refractivity contribution in [2.75, 3.05) is 6.54 Å². The summed E-state index contributed by atoms with van der Waals surface area (Å²) in [6, 6.07) is 8.19. The van der Waals surface area contributed by atoms with Crippen LogP contribution in [0.4, 0.5) is 4.39 Å². The first-order valence-electron chi connectivity index (χ1n) is 6.72. The van der Waals surface area contributed by atoms with E-state index in [0.29, 0.717) is 13.0 Å². The van der Waals surface area contributed by atoms with E-state index >= 15 is 0 Å². The number of amides is 1. The number of benzene rings is 1. The highest BCUT2D eigenvalue weighted by Gasteiger charge is 2.16. The lowest BCUT2D eigenvalue weighted by Gasteiger charge is -2.20. The zero-order valence-corrected chi connectivity index (χ0v) is 12.5. The summed E-state index contributed by atoms with van der Waals surface area (Å²) in [7, 11) is 0. The van der Waals surface area contributed by atoms with Gasteiger partial charge >= 0.3 is 0 Å². The smallest absolute Gasteiger partial charge is 0.263 e. The number of carbonyl (C=O) groups is 1. The minimum atomic E-state index is -0.414. The predicted molar refractivity (Wildman–Crippen MR) is 79.7 cm³/mol. The molecule has 0 aromatic heterocycles. The van der Waals surface area contributed by atoms with E-state index in [9.17, 15) is 9.18 Å². The maximum atomic E-state index is 13.0. The first-order valence-corrected chi connectivity index (χ1v) is 6.72. The van der Waals surface area contributed by atoms with Gasteiger partial charge in [-0.3, -0.25) is 4.79 Å². The summed E-state index contributed by atoms with van der Waals surface area (Å²) in [5, 5.41) is 14.6. The maximum Gasteiger partial charge on any atom is 0.263 e. The van der Waals surface area contributed by atoms with Gasteiger partial charge in [-0.05, 0) is 44.9 Å². The summed E-state index contributed by atoms with van der Waals surface area (Å²) >= 11 is 0. The molecular weight excluding hydrogens is 269 g/mol. The Hall–Kier alpha value is -2.35. The zero-order valence-electron chi connectivity index (χ0n) is 12.5. The van der Waals surface area contributed by atoms with Crippen LogP contribution in [0, 0.1) is 17.1 Å². The molecule has 0 radical (unpaired) electrons. The van der Waals surface area contributed by atoms with Crippen molar-refractivity contribution in [1.82, 2.24) is 10.6 Å². The molecule has 0 saturated carbocycles. The van der Waals surface area contributed by atoms with Gasteiger partial charge in [-0.2, -0.15) is 5.26 Å². The molecule has 1 aromatic carbocycles. The van der Waals surface area contributed by atoms with E-state index in [2.05, 4.69) is 10.6 Å². The largest absolute Gasteiger partial charge is 0.389 e. The van der Waals surface area contributed by atoms with Gasteiger partial charge in [0.25, 0.3) is 5.91 Å². The molecule has 4 nitrogen and oxygen atoms in total. The van der Waals surface area contributed by atoms with Crippen molar-refractivity contribution in [3.05, 3.63) is 47.4 Å². The van der Waals surface area contributed by atoms with E-state index in [1.165, 1.54) is 18.3 Å². The van der Waals surface area contributed by atoms with Crippen molar-refractivity contribution in [3.8, 4) is 6.07 Å². The highest BCUT2D eigenvalue weighted by molar-refractivity contribution is 5.97. The minimum Gasteiger partial charge on any atom is -0.389 e. The molecule has 0 saturated heterocycles. The molecule has 0 heterocycles. The molecular formula is C16H20FN3O. The number of rotatable bonds is 5. The Morgan fingerprint density at radius 3 is 2.71 bits per heavy atom. The van der Waals surface area contributed by atoms with Crippen molar-refractivity contribution in [2.45, 2.75) is 32.7 Å².